The zero-order valence-electron chi connectivity index (χ0n) is 16.8. The maximum Gasteiger partial charge on any atom is 0.191 e. The van der Waals surface area contributed by atoms with E-state index in [1.165, 1.54) is 6.07 Å². The highest BCUT2D eigenvalue weighted by Crippen LogP contribution is 2.19. The van der Waals surface area contributed by atoms with Gasteiger partial charge in [0.2, 0.25) is 0 Å². The Kier molecular flexibility index (Phi) is 9.46. The van der Waals surface area contributed by atoms with E-state index in [1.807, 2.05) is 6.20 Å². The van der Waals surface area contributed by atoms with Crippen molar-refractivity contribution in [2.24, 2.45) is 4.99 Å². The van der Waals surface area contributed by atoms with Crippen LogP contribution < -0.4 is 10.6 Å². The summed E-state index contributed by atoms with van der Waals surface area (Å²) in [5, 5.41) is 7.68. The number of H-pyrrole nitrogens is 1. The number of halogens is 2. The Hall–Kier alpha value is -1.39. The van der Waals surface area contributed by atoms with E-state index in [1.54, 1.807) is 19.2 Å². The Balaban J connectivity index is 0.00000280. The van der Waals surface area contributed by atoms with Crippen molar-refractivity contribution in [1.82, 2.24) is 25.4 Å². The summed E-state index contributed by atoms with van der Waals surface area (Å²) in [5.41, 5.74) is 2.08. The van der Waals surface area contributed by atoms with E-state index in [0.29, 0.717) is 0 Å². The topological polar surface area (TPSA) is 58.7 Å². The number of aromatic amines is 1. The van der Waals surface area contributed by atoms with Crippen LogP contribution in [0.25, 0.3) is 10.9 Å². The van der Waals surface area contributed by atoms with Crippen molar-refractivity contribution >= 4 is 40.8 Å². The summed E-state index contributed by atoms with van der Waals surface area (Å²) in [6, 6.07) is 4.85. The Morgan fingerprint density at radius 3 is 2.57 bits per heavy atom. The maximum atomic E-state index is 13.5. The van der Waals surface area contributed by atoms with E-state index in [4.69, 9.17) is 0 Å². The third kappa shape index (κ3) is 6.31. The molecule has 0 saturated carbocycles. The van der Waals surface area contributed by atoms with Crippen molar-refractivity contribution in [3.8, 4) is 0 Å². The van der Waals surface area contributed by atoms with Crippen molar-refractivity contribution < 1.29 is 4.39 Å². The number of aliphatic imine (C=N–C) groups is 1. The van der Waals surface area contributed by atoms with Gasteiger partial charge in [-0.2, -0.15) is 0 Å². The smallest absolute Gasteiger partial charge is 0.191 e. The van der Waals surface area contributed by atoms with Gasteiger partial charge in [0.05, 0.1) is 0 Å². The molecule has 8 heteroatoms. The first-order chi connectivity index (χ1) is 13.2. The van der Waals surface area contributed by atoms with Crippen LogP contribution in [0.3, 0.4) is 0 Å². The number of likely N-dealkylation sites (N-methyl/N-ethyl adjacent to an activating group) is 1. The molecule has 0 spiro atoms. The van der Waals surface area contributed by atoms with Crippen LogP contribution in [0.2, 0.25) is 0 Å². The quantitative estimate of drug-likeness (QED) is 0.309. The fourth-order valence-electron chi connectivity index (χ4n) is 3.56. The predicted octanol–water partition coefficient (Wildman–Crippen LogP) is 2.27. The molecular formula is C20H32FIN6. The molecule has 0 bridgehead atoms. The number of hydrogen-bond donors (Lipinski definition) is 3. The minimum Gasteiger partial charge on any atom is -0.361 e. The fraction of sp³-hybridized carbons (Fsp3) is 0.550. The normalized spacial score (nSPS) is 16.2. The molecular weight excluding hydrogens is 470 g/mol. The SMILES string of the molecule is CCN1CCN(CCNC(=NC)NCCc2c[nH]c3ccc(F)cc23)CC1.I. The van der Waals surface area contributed by atoms with Gasteiger partial charge in [-0.25, -0.2) is 4.39 Å². The van der Waals surface area contributed by atoms with Crippen molar-refractivity contribution in [2.45, 2.75) is 13.3 Å². The van der Waals surface area contributed by atoms with E-state index in [-0.39, 0.29) is 29.8 Å². The average molecular weight is 502 g/mol. The minimum atomic E-state index is -0.200. The third-order valence-corrected chi connectivity index (χ3v) is 5.27. The predicted molar refractivity (Wildman–Crippen MR) is 125 cm³/mol. The number of aromatic nitrogens is 1. The summed E-state index contributed by atoms with van der Waals surface area (Å²) in [6.45, 7) is 10.6. The Morgan fingerprint density at radius 1 is 1.14 bits per heavy atom. The third-order valence-electron chi connectivity index (χ3n) is 5.27. The Labute approximate surface area is 184 Å². The summed E-state index contributed by atoms with van der Waals surface area (Å²) >= 11 is 0. The van der Waals surface area contributed by atoms with Crippen LogP contribution in [0.4, 0.5) is 4.39 Å². The standard InChI is InChI=1S/C20H31FN6.HI/c1-3-26-10-12-27(13-11-26)9-8-24-20(22-2)23-7-6-16-15-25-19-5-4-17(21)14-18(16)19;/h4-5,14-15,25H,3,6-13H2,1-2H3,(H2,22,23,24);1H. The molecule has 6 nitrogen and oxygen atoms in total. The van der Waals surface area contributed by atoms with Gasteiger partial charge >= 0.3 is 0 Å². The summed E-state index contributed by atoms with van der Waals surface area (Å²) in [5.74, 6) is 0.613. The molecule has 2 heterocycles. The lowest BCUT2D eigenvalue weighted by Crippen LogP contribution is -2.49. The number of nitrogens with zero attached hydrogens (tertiary/aromatic N) is 3. The highest BCUT2D eigenvalue weighted by atomic mass is 127. The van der Waals surface area contributed by atoms with Gasteiger partial charge < -0.3 is 20.5 Å². The van der Waals surface area contributed by atoms with Gasteiger partial charge in [-0.3, -0.25) is 9.89 Å². The molecule has 0 atom stereocenters. The number of rotatable bonds is 7. The van der Waals surface area contributed by atoms with Crippen LogP contribution in [-0.4, -0.2) is 80.1 Å². The van der Waals surface area contributed by atoms with Crippen molar-refractivity contribution in [2.75, 3.05) is 59.4 Å². The lowest BCUT2D eigenvalue weighted by molar-refractivity contribution is 0.139. The minimum absolute atomic E-state index is 0. The lowest BCUT2D eigenvalue weighted by Gasteiger charge is -2.34. The molecule has 1 saturated heterocycles. The van der Waals surface area contributed by atoms with Crippen LogP contribution >= 0.6 is 24.0 Å². The molecule has 1 aliphatic rings. The highest BCUT2D eigenvalue weighted by Gasteiger charge is 2.14. The van der Waals surface area contributed by atoms with Gasteiger partial charge in [-0.05, 0) is 36.7 Å². The van der Waals surface area contributed by atoms with Gasteiger partial charge in [0, 0.05) is 70.0 Å². The number of benzene rings is 1. The number of nitrogens with one attached hydrogen (secondary N) is 3. The zero-order valence-corrected chi connectivity index (χ0v) is 19.1. The molecule has 0 radical (unpaired) electrons. The molecule has 0 aliphatic carbocycles. The molecule has 2 aromatic rings. The Bertz CT molecular complexity index is 754. The van der Waals surface area contributed by atoms with Crippen molar-refractivity contribution in [3.05, 3.63) is 35.8 Å². The lowest BCUT2D eigenvalue weighted by atomic mass is 10.1. The maximum absolute atomic E-state index is 13.5. The fourth-order valence-corrected chi connectivity index (χ4v) is 3.56. The van der Waals surface area contributed by atoms with E-state index in [9.17, 15) is 4.39 Å². The molecule has 1 aliphatic heterocycles. The van der Waals surface area contributed by atoms with Gasteiger partial charge in [-0.15, -0.1) is 24.0 Å². The monoisotopic (exact) mass is 502 g/mol. The van der Waals surface area contributed by atoms with Crippen LogP contribution in [0.15, 0.2) is 29.4 Å². The Morgan fingerprint density at radius 2 is 1.86 bits per heavy atom. The number of guanidine groups is 1. The van der Waals surface area contributed by atoms with E-state index >= 15 is 0 Å². The summed E-state index contributed by atoms with van der Waals surface area (Å²) in [6.07, 6.45) is 2.76. The molecule has 0 amide bonds. The van der Waals surface area contributed by atoms with Crippen LogP contribution in [0.5, 0.6) is 0 Å². The van der Waals surface area contributed by atoms with E-state index in [0.717, 1.165) is 81.2 Å². The highest BCUT2D eigenvalue weighted by molar-refractivity contribution is 14.0. The van der Waals surface area contributed by atoms with Gasteiger partial charge in [0.1, 0.15) is 5.82 Å². The van der Waals surface area contributed by atoms with Crippen molar-refractivity contribution in [1.29, 1.82) is 0 Å². The number of piperazine rings is 1. The first-order valence-electron chi connectivity index (χ1n) is 9.84. The van der Waals surface area contributed by atoms with Gasteiger partial charge in [0.25, 0.3) is 0 Å². The molecule has 1 aromatic carbocycles. The molecule has 0 unspecified atom stereocenters. The van der Waals surface area contributed by atoms with Crippen LogP contribution in [0, 0.1) is 5.82 Å². The average Bonchev–Trinajstić information content (AvgIpc) is 3.09. The largest absolute Gasteiger partial charge is 0.361 e. The zero-order chi connectivity index (χ0) is 19.1. The first kappa shape index (κ1) is 22.9. The summed E-state index contributed by atoms with van der Waals surface area (Å²) < 4.78 is 13.5. The molecule has 28 heavy (non-hydrogen) atoms. The van der Waals surface area contributed by atoms with Gasteiger partial charge in [0.15, 0.2) is 5.96 Å². The summed E-state index contributed by atoms with van der Waals surface area (Å²) in [4.78, 5) is 12.5. The molecule has 156 valence electrons. The van der Waals surface area contributed by atoms with Crippen molar-refractivity contribution in [3.63, 3.8) is 0 Å². The molecule has 1 aromatic heterocycles. The first-order valence-corrected chi connectivity index (χ1v) is 9.84. The van der Waals surface area contributed by atoms with E-state index in [2.05, 4.69) is 37.3 Å². The molecule has 3 rings (SSSR count). The van der Waals surface area contributed by atoms with Crippen LogP contribution in [-0.2, 0) is 6.42 Å². The number of hydrogen-bond acceptors (Lipinski definition) is 3. The van der Waals surface area contributed by atoms with Crippen LogP contribution in [0.1, 0.15) is 12.5 Å². The summed E-state index contributed by atoms with van der Waals surface area (Å²) in [7, 11) is 1.79. The second-order valence-electron chi connectivity index (χ2n) is 6.96. The van der Waals surface area contributed by atoms with Gasteiger partial charge in [-0.1, -0.05) is 6.92 Å². The molecule has 1 fully saturated rings. The second kappa shape index (κ2) is 11.6. The van der Waals surface area contributed by atoms with E-state index < -0.39 is 0 Å². The number of fused-ring (bicyclic) bond motifs is 1. The molecule has 3 N–H and O–H groups in total. The second-order valence-corrected chi connectivity index (χ2v) is 6.96.